The molecule has 0 aliphatic carbocycles. The molecule has 0 aliphatic heterocycles. The van der Waals surface area contributed by atoms with Gasteiger partial charge < -0.3 is 9.88 Å². The Kier molecular flexibility index (Phi) is 5.13. The summed E-state index contributed by atoms with van der Waals surface area (Å²) in [5.41, 5.74) is 4.41. The average molecular weight is 363 g/mol. The van der Waals surface area contributed by atoms with Gasteiger partial charge in [-0.25, -0.2) is 4.98 Å². The first-order chi connectivity index (χ1) is 12.8. The molecule has 1 aromatic heterocycles. The van der Waals surface area contributed by atoms with E-state index in [1.807, 2.05) is 74.7 Å². The SMILES string of the molecule is CC(=O)C(C)n1c(C(C)NC(=O)c2ccc(C)cc2C)nc2ccccc21. The molecule has 3 rings (SSSR count). The van der Waals surface area contributed by atoms with Crippen molar-refractivity contribution in [3.63, 3.8) is 0 Å². The summed E-state index contributed by atoms with van der Waals surface area (Å²) in [5, 5.41) is 3.03. The number of nitrogens with zero attached hydrogens (tertiary/aromatic N) is 2. The first kappa shape index (κ1) is 18.8. The zero-order valence-electron chi connectivity index (χ0n) is 16.4. The summed E-state index contributed by atoms with van der Waals surface area (Å²) in [6, 6.07) is 12.8. The molecule has 0 fully saturated rings. The molecule has 1 heterocycles. The van der Waals surface area contributed by atoms with E-state index in [1.165, 1.54) is 0 Å². The first-order valence-electron chi connectivity index (χ1n) is 9.15. The topological polar surface area (TPSA) is 64.0 Å². The number of imidazole rings is 1. The van der Waals surface area contributed by atoms with E-state index < -0.39 is 0 Å². The van der Waals surface area contributed by atoms with Crippen LogP contribution in [-0.2, 0) is 4.79 Å². The highest BCUT2D eigenvalue weighted by Gasteiger charge is 2.24. The summed E-state index contributed by atoms with van der Waals surface area (Å²) in [5.74, 6) is 0.582. The van der Waals surface area contributed by atoms with Gasteiger partial charge in [0.1, 0.15) is 5.82 Å². The van der Waals surface area contributed by atoms with Gasteiger partial charge in [-0.3, -0.25) is 9.59 Å². The fraction of sp³-hybridized carbons (Fsp3) is 0.318. The number of hydrogen-bond acceptors (Lipinski definition) is 3. The number of para-hydroxylation sites is 2. The van der Waals surface area contributed by atoms with Crippen molar-refractivity contribution in [1.82, 2.24) is 14.9 Å². The summed E-state index contributed by atoms with van der Waals surface area (Å²) >= 11 is 0. The molecule has 2 unspecified atom stereocenters. The minimum absolute atomic E-state index is 0.0484. The molecule has 3 aromatic rings. The number of hydrogen-bond donors (Lipinski definition) is 1. The first-order valence-corrected chi connectivity index (χ1v) is 9.15. The monoisotopic (exact) mass is 363 g/mol. The summed E-state index contributed by atoms with van der Waals surface area (Å²) < 4.78 is 1.92. The summed E-state index contributed by atoms with van der Waals surface area (Å²) in [6.07, 6.45) is 0. The van der Waals surface area contributed by atoms with E-state index in [-0.39, 0.29) is 23.8 Å². The second-order valence-electron chi connectivity index (χ2n) is 7.13. The van der Waals surface area contributed by atoms with Crippen molar-refractivity contribution in [2.24, 2.45) is 0 Å². The Morgan fingerprint density at radius 1 is 1.07 bits per heavy atom. The Hall–Kier alpha value is -2.95. The third-order valence-corrected chi connectivity index (χ3v) is 4.96. The minimum atomic E-state index is -0.354. The summed E-state index contributed by atoms with van der Waals surface area (Å²) in [7, 11) is 0. The van der Waals surface area contributed by atoms with Crippen LogP contribution in [0.2, 0.25) is 0 Å². The molecule has 2 atom stereocenters. The fourth-order valence-corrected chi connectivity index (χ4v) is 3.36. The second-order valence-corrected chi connectivity index (χ2v) is 7.13. The molecule has 27 heavy (non-hydrogen) atoms. The van der Waals surface area contributed by atoms with Crippen LogP contribution in [0.3, 0.4) is 0 Å². The Morgan fingerprint density at radius 2 is 1.78 bits per heavy atom. The molecule has 0 bridgehead atoms. The van der Waals surface area contributed by atoms with Crippen LogP contribution < -0.4 is 5.32 Å². The lowest BCUT2D eigenvalue weighted by Gasteiger charge is -2.20. The van der Waals surface area contributed by atoms with Crippen LogP contribution in [0.4, 0.5) is 0 Å². The number of aromatic nitrogens is 2. The number of benzene rings is 2. The molecule has 1 N–H and O–H groups in total. The number of Topliss-reactive ketones (excluding diaryl/α,β-unsaturated/α-hetero) is 1. The van der Waals surface area contributed by atoms with E-state index in [2.05, 4.69) is 5.32 Å². The lowest BCUT2D eigenvalue weighted by molar-refractivity contribution is -0.119. The number of aryl methyl sites for hydroxylation is 2. The van der Waals surface area contributed by atoms with Crippen molar-refractivity contribution < 1.29 is 9.59 Å². The van der Waals surface area contributed by atoms with Gasteiger partial charge in [-0.05, 0) is 58.4 Å². The number of carbonyl (C=O) groups excluding carboxylic acids is 2. The van der Waals surface area contributed by atoms with E-state index >= 15 is 0 Å². The van der Waals surface area contributed by atoms with E-state index in [9.17, 15) is 9.59 Å². The molecule has 5 heteroatoms. The molecule has 5 nitrogen and oxygen atoms in total. The van der Waals surface area contributed by atoms with Gasteiger partial charge in [0.05, 0.1) is 23.1 Å². The highest BCUT2D eigenvalue weighted by molar-refractivity contribution is 5.96. The Morgan fingerprint density at radius 3 is 2.44 bits per heavy atom. The number of amides is 1. The van der Waals surface area contributed by atoms with Crippen LogP contribution in [-0.4, -0.2) is 21.2 Å². The normalized spacial score (nSPS) is 13.4. The van der Waals surface area contributed by atoms with Crippen LogP contribution in [0.1, 0.15) is 60.2 Å². The number of carbonyl (C=O) groups is 2. The highest BCUT2D eigenvalue weighted by atomic mass is 16.1. The van der Waals surface area contributed by atoms with Gasteiger partial charge in [0.2, 0.25) is 0 Å². The van der Waals surface area contributed by atoms with Crippen molar-refractivity contribution in [2.75, 3.05) is 0 Å². The van der Waals surface area contributed by atoms with Gasteiger partial charge in [0.25, 0.3) is 5.91 Å². The lowest BCUT2D eigenvalue weighted by atomic mass is 10.0. The zero-order valence-corrected chi connectivity index (χ0v) is 16.4. The van der Waals surface area contributed by atoms with E-state index in [0.717, 1.165) is 22.2 Å². The number of nitrogens with one attached hydrogen (secondary N) is 1. The van der Waals surface area contributed by atoms with Crippen molar-refractivity contribution in [3.05, 3.63) is 65.0 Å². The quantitative estimate of drug-likeness (QED) is 0.735. The Balaban J connectivity index is 1.98. The number of ketones is 1. The standard InChI is InChI=1S/C22H25N3O2/c1-13-10-11-18(14(2)12-13)22(27)23-15(3)21-24-19-8-6-7-9-20(19)25(21)16(4)17(5)26/h6-12,15-16H,1-5H3,(H,23,27). The van der Waals surface area contributed by atoms with Crippen molar-refractivity contribution in [2.45, 2.75) is 46.7 Å². The lowest BCUT2D eigenvalue weighted by Crippen LogP contribution is -2.30. The average Bonchev–Trinajstić information content (AvgIpc) is 3.00. The molecule has 0 saturated carbocycles. The Bertz CT molecular complexity index is 1020. The van der Waals surface area contributed by atoms with Crippen molar-refractivity contribution in [3.8, 4) is 0 Å². The fourth-order valence-electron chi connectivity index (χ4n) is 3.36. The molecule has 0 spiro atoms. The number of rotatable bonds is 5. The van der Waals surface area contributed by atoms with E-state index in [1.54, 1.807) is 6.92 Å². The molecule has 140 valence electrons. The minimum Gasteiger partial charge on any atom is -0.342 e. The van der Waals surface area contributed by atoms with Gasteiger partial charge in [-0.1, -0.05) is 29.8 Å². The van der Waals surface area contributed by atoms with Crippen LogP contribution in [0, 0.1) is 13.8 Å². The molecule has 0 aliphatic rings. The molecule has 0 saturated heterocycles. The predicted octanol–water partition coefficient (Wildman–Crippen LogP) is 4.29. The van der Waals surface area contributed by atoms with E-state index in [4.69, 9.17) is 4.98 Å². The van der Waals surface area contributed by atoms with Crippen molar-refractivity contribution >= 4 is 22.7 Å². The van der Waals surface area contributed by atoms with Gasteiger partial charge in [-0.15, -0.1) is 0 Å². The van der Waals surface area contributed by atoms with Crippen LogP contribution >= 0.6 is 0 Å². The maximum absolute atomic E-state index is 12.8. The van der Waals surface area contributed by atoms with Gasteiger partial charge >= 0.3 is 0 Å². The molecular formula is C22H25N3O2. The smallest absolute Gasteiger partial charge is 0.252 e. The zero-order chi connectivity index (χ0) is 19.7. The third kappa shape index (κ3) is 3.63. The molecule has 0 radical (unpaired) electrons. The molecule has 2 aromatic carbocycles. The molecule has 1 amide bonds. The predicted molar refractivity (Wildman–Crippen MR) is 107 cm³/mol. The number of fused-ring (bicyclic) bond motifs is 1. The van der Waals surface area contributed by atoms with Crippen LogP contribution in [0.15, 0.2) is 42.5 Å². The maximum Gasteiger partial charge on any atom is 0.252 e. The second kappa shape index (κ2) is 7.35. The van der Waals surface area contributed by atoms with Gasteiger partial charge in [0.15, 0.2) is 5.78 Å². The maximum atomic E-state index is 12.8. The van der Waals surface area contributed by atoms with Crippen molar-refractivity contribution in [1.29, 1.82) is 0 Å². The summed E-state index contributed by atoms with van der Waals surface area (Å²) in [6.45, 7) is 9.26. The van der Waals surface area contributed by atoms with Crippen LogP contribution in [0.25, 0.3) is 11.0 Å². The molecular weight excluding hydrogens is 338 g/mol. The van der Waals surface area contributed by atoms with E-state index in [0.29, 0.717) is 11.4 Å². The van der Waals surface area contributed by atoms with Crippen LogP contribution in [0.5, 0.6) is 0 Å². The highest BCUT2D eigenvalue weighted by Crippen LogP contribution is 2.26. The third-order valence-electron chi connectivity index (χ3n) is 4.96. The van der Waals surface area contributed by atoms with Gasteiger partial charge in [0, 0.05) is 5.56 Å². The Labute approximate surface area is 159 Å². The summed E-state index contributed by atoms with van der Waals surface area (Å²) in [4.78, 5) is 29.5. The van der Waals surface area contributed by atoms with Gasteiger partial charge in [-0.2, -0.15) is 0 Å². The largest absolute Gasteiger partial charge is 0.342 e.